The van der Waals surface area contributed by atoms with Crippen LogP contribution in [-0.2, 0) is 9.53 Å². The van der Waals surface area contributed by atoms with Gasteiger partial charge in [0.1, 0.15) is 5.60 Å². The molecular weight excluding hydrogens is 316 g/mol. The number of likely N-dealkylation sites (tertiary alicyclic amines) is 2. The van der Waals surface area contributed by atoms with Gasteiger partial charge in [-0.1, -0.05) is 30.3 Å². The lowest BCUT2D eigenvalue weighted by Crippen LogP contribution is -2.52. The second-order valence-corrected chi connectivity index (χ2v) is 8.31. The van der Waals surface area contributed by atoms with E-state index in [4.69, 9.17) is 4.74 Å². The van der Waals surface area contributed by atoms with Crippen LogP contribution in [0.4, 0.5) is 4.79 Å². The van der Waals surface area contributed by atoms with Crippen LogP contribution in [0.15, 0.2) is 30.3 Å². The highest BCUT2D eigenvalue weighted by atomic mass is 16.6. The molecule has 2 saturated heterocycles. The van der Waals surface area contributed by atoms with Crippen LogP contribution in [0.3, 0.4) is 0 Å². The number of benzene rings is 1. The summed E-state index contributed by atoms with van der Waals surface area (Å²) >= 11 is 0. The van der Waals surface area contributed by atoms with E-state index >= 15 is 0 Å². The zero-order valence-corrected chi connectivity index (χ0v) is 15.6. The van der Waals surface area contributed by atoms with Gasteiger partial charge in [0.2, 0.25) is 5.91 Å². The van der Waals surface area contributed by atoms with Crippen molar-refractivity contribution >= 4 is 12.0 Å². The van der Waals surface area contributed by atoms with Crippen LogP contribution >= 0.6 is 0 Å². The monoisotopic (exact) mass is 344 g/mol. The lowest BCUT2D eigenvalue weighted by Gasteiger charge is -2.42. The topological polar surface area (TPSA) is 49.9 Å². The number of piperidine rings is 1. The second kappa shape index (κ2) is 6.36. The molecule has 0 unspecified atom stereocenters. The van der Waals surface area contributed by atoms with Gasteiger partial charge in [-0.25, -0.2) is 4.79 Å². The Kier molecular flexibility index (Phi) is 4.52. The first kappa shape index (κ1) is 17.8. The molecule has 2 atom stereocenters. The standard InChI is InChI=1S/C20H28N2O3/c1-19(2,3)25-18(24)22-12-8-11-20(14-22)16(13-21(4)17(20)23)15-9-6-5-7-10-15/h5-7,9-10,16H,8,11-14H2,1-4H3/t16-,20-/m1/s1. The van der Waals surface area contributed by atoms with E-state index in [1.165, 1.54) is 5.56 Å². The summed E-state index contributed by atoms with van der Waals surface area (Å²) in [7, 11) is 1.86. The van der Waals surface area contributed by atoms with Crippen molar-refractivity contribution in [3.63, 3.8) is 0 Å². The van der Waals surface area contributed by atoms with Crippen LogP contribution < -0.4 is 0 Å². The summed E-state index contributed by atoms with van der Waals surface area (Å²) in [5, 5.41) is 0. The lowest BCUT2D eigenvalue weighted by molar-refractivity contribution is -0.137. The molecule has 5 nitrogen and oxygen atoms in total. The third-order valence-electron chi connectivity index (χ3n) is 5.27. The van der Waals surface area contributed by atoms with Gasteiger partial charge >= 0.3 is 6.09 Å². The van der Waals surface area contributed by atoms with Crippen molar-refractivity contribution in [2.45, 2.75) is 45.1 Å². The number of carbonyl (C=O) groups excluding carboxylic acids is 2. The molecule has 5 heteroatoms. The zero-order chi connectivity index (χ0) is 18.2. The Hall–Kier alpha value is -2.04. The molecule has 3 rings (SSSR count). The highest BCUT2D eigenvalue weighted by molar-refractivity contribution is 5.87. The van der Waals surface area contributed by atoms with Gasteiger partial charge in [0.25, 0.3) is 0 Å². The van der Waals surface area contributed by atoms with Crippen molar-refractivity contribution in [3.8, 4) is 0 Å². The van der Waals surface area contributed by atoms with E-state index in [-0.39, 0.29) is 17.9 Å². The SMILES string of the molecule is CN1C[C@H](c2ccccc2)[C@]2(CCCN(C(=O)OC(C)(C)C)C2)C1=O. The van der Waals surface area contributed by atoms with Crippen LogP contribution in [0.1, 0.15) is 45.1 Å². The van der Waals surface area contributed by atoms with Gasteiger partial charge in [0.05, 0.1) is 5.41 Å². The summed E-state index contributed by atoms with van der Waals surface area (Å²) < 4.78 is 5.55. The van der Waals surface area contributed by atoms with Gasteiger partial charge in [-0.2, -0.15) is 0 Å². The Morgan fingerprint density at radius 1 is 1.24 bits per heavy atom. The number of carbonyl (C=O) groups is 2. The average molecular weight is 344 g/mol. The van der Waals surface area contributed by atoms with Crippen LogP contribution in [0, 0.1) is 5.41 Å². The van der Waals surface area contributed by atoms with E-state index in [1.54, 1.807) is 4.90 Å². The van der Waals surface area contributed by atoms with Gasteiger partial charge in [-0.15, -0.1) is 0 Å². The number of hydrogen-bond acceptors (Lipinski definition) is 3. The molecule has 2 aliphatic rings. The van der Waals surface area contributed by atoms with Crippen LogP contribution in [0.2, 0.25) is 0 Å². The average Bonchev–Trinajstić information content (AvgIpc) is 2.79. The van der Waals surface area contributed by atoms with E-state index in [0.29, 0.717) is 19.6 Å². The van der Waals surface area contributed by atoms with E-state index < -0.39 is 11.0 Å². The molecule has 25 heavy (non-hydrogen) atoms. The van der Waals surface area contributed by atoms with Gasteiger partial charge in [-0.05, 0) is 39.2 Å². The molecule has 2 fully saturated rings. The Balaban J connectivity index is 1.89. The summed E-state index contributed by atoms with van der Waals surface area (Å²) in [4.78, 5) is 29.2. The predicted octanol–water partition coefficient (Wildman–Crippen LogP) is 3.26. The van der Waals surface area contributed by atoms with Crippen molar-refractivity contribution in [2.75, 3.05) is 26.7 Å². The molecule has 0 radical (unpaired) electrons. The highest BCUT2D eigenvalue weighted by Gasteiger charge is 2.55. The molecular formula is C20H28N2O3. The maximum atomic E-state index is 13.1. The maximum absolute atomic E-state index is 13.1. The zero-order valence-electron chi connectivity index (χ0n) is 15.6. The van der Waals surface area contributed by atoms with E-state index in [1.807, 2.05) is 50.9 Å². The van der Waals surface area contributed by atoms with Crippen LogP contribution in [0.25, 0.3) is 0 Å². The lowest BCUT2D eigenvalue weighted by atomic mass is 9.69. The Morgan fingerprint density at radius 2 is 1.92 bits per heavy atom. The molecule has 136 valence electrons. The molecule has 2 aliphatic heterocycles. The first-order chi connectivity index (χ1) is 11.7. The first-order valence-corrected chi connectivity index (χ1v) is 9.01. The normalized spacial score (nSPS) is 27.0. The summed E-state index contributed by atoms with van der Waals surface area (Å²) in [5.74, 6) is 0.256. The van der Waals surface area contributed by atoms with Crippen molar-refractivity contribution in [1.82, 2.24) is 9.80 Å². The Bertz CT molecular complexity index is 653. The highest BCUT2D eigenvalue weighted by Crippen LogP contribution is 2.49. The Labute approximate surface area is 149 Å². The summed E-state index contributed by atoms with van der Waals surface area (Å²) in [6.45, 7) is 7.38. The summed E-state index contributed by atoms with van der Waals surface area (Å²) in [6.07, 6.45) is 1.32. The number of ether oxygens (including phenoxy) is 1. The summed E-state index contributed by atoms with van der Waals surface area (Å²) in [6, 6.07) is 10.2. The third kappa shape index (κ3) is 3.37. The van der Waals surface area contributed by atoms with Gasteiger partial charge in [0, 0.05) is 32.6 Å². The maximum Gasteiger partial charge on any atom is 0.410 e. The van der Waals surface area contributed by atoms with E-state index in [9.17, 15) is 9.59 Å². The van der Waals surface area contributed by atoms with Crippen molar-refractivity contribution in [2.24, 2.45) is 5.41 Å². The van der Waals surface area contributed by atoms with Gasteiger partial charge in [-0.3, -0.25) is 4.79 Å². The van der Waals surface area contributed by atoms with Crippen molar-refractivity contribution in [1.29, 1.82) is 0 Å². The molecule has 1 spiro atoms. The number of rotatable bonds is 1. The fourth-order valence-electron chi connectivity index (χ4n) is 4.20. The predicted molar refractivity (Wildman–Crippen MR) is 96.3 cm³/mol. The first-order valence-electron chi connectivity index (χ1n) is 9.01. The molecule has 0 N–H and O–H groups in total. The van der Waals surface area contributed by atoms with Crippen molar-refractivity contribution < 1.29 is 14.3 Å². The minimum absolute atomic E-state index is 0.108. The molecule has 2 amide bonds. The van der Waals surface area contributed by atoms with E-state index in [2.05, 4.69) is 12.1 Å². The van der Waals surface area contributed by atoms with Crippen LogP contribution in [0.5, 0.6) is 0 Å². The largest absolute Gasteiger partial charge is 0.444 e. The molecule has 0 saturated carbocycles. The van der Waals surface area contributed by atoms with Gasteiger partial charge < -0.3 is 14.5 Å². The minimum Gasteiger partial charge on any atom is -0.444 e. The number of nitrogens with zero attached hydrogens (tertiary/aromatic N) is 2. The molecule has 1 aromatic carbocycles. The molecule has 0 bridgehead atoms. The fourth-order valence-corrected chi connectivity index (χ4v) is 4.20. The number of amides is 2. The number of likely N-dealkylation sites (N-methyl/N-ethyl adjacent to an activating group) is 1. The molecule has 0 aromatic heterocycles. The Morgan fingerprint density at radius 3 is 2.56 bits per heavy atom. The smallest absolute Gasteiger partial charge is 0.410 e. The molecule has 2 heterocycles. The molecule has 1 aromatic rings. The van der Waals surface area contributed by atoms with Gasteiger partial charge in [0.15, 0.2) is 0 Å². The molecule has 0 aliphatic carbocycles. The number of hydrogen-bond donors (Lipinski definition) is 0. The second-order valence-electron chi connectivity index (χ2n) is 8.31. The third-order valence-corrected chi connectivity index (χ3v) is 5.27. The quantitative estimate of drug-likeness (QED) is 0.786. The summed E-state index contributed by atoms with van der Waals surface area (Å²) in [5.41, 5.74) is 0.105. The minimum atomic E-state index is -0.536. The fraction of sp³-hybridized carbons (Fsp3) is 0.600. The van der Waals surface area contributed by atoms with E-state index in [0.717, 1.165) is 12.8 Å². The van der Waals surface area contributed by atoms with Crippen LogP contribution in [-0.4, -0.2) is 54.1 Å². The van der Waals surface area contributed by atoms with Crippen molar-refractivity contribution in [3.05, 3.63) is 35.9 Å².